The summed E-state index contributed by atoms with van der Waals surface area (Å²) in [6, 6.07) is 0. The molecular formula is C18HF35O2. The average molecular weight is 914 g/mol. The number of carbonyl (C=O) groups is 1. The molecule has 0 aliphatic heterocycles. The monoisotopic (exact) mass is 914 g/mol. The fraction of sp³-hybridized carbons (Fsp3) is 0.944. The maximum absolute atomic E-state index is 15.3. The molecule has 0 saturated carbocycles. The van der Waals surface area contributed by atoms with Crippen LogP contribution in [-0.2, 0) is 4.79 Å². The van der Waals surface area contributed by atoms with Crippen molar-refractivity contribution in [2.75, 3.05) is 0 Å². The Bertz CT molecular complexity index is 1350. The van der Waals surface area contributed by atoms with Crippen LogP contribution < -0.4 is 0 Å². The van der Waals surface area contributed by atoms with Crippen molar-refractivity contribution in [1.29, 1.82) is 0 Å². The van der Waals surface area contributed by atoms with Gasteiger partial charge in [-0.05, 0) is 0 Å². The molecule has 0 bridgehead atoms. The predicted molar refractivity (Wildman–Crippen MR) is 92.2 cm³/mol. The first-order chi connectivity index (χ1) is 22.9. The number of hydrogen-bond acceptors (Lipinski definition) is 1. The average Bonchev–Trinajstić information content (AvgIpc) is 2.79. The van der Waals surface area contributed by atoms with Crippen LogP contribution in [0.25, 0.3) is 0 Å². The lowest BCUT2D eigenvalue weighted by atomic mass is 9.61. The molecule has 330 valence electrons. The molecule has 0 rings (SSSR count). The lowest BCUT2D eigenvalue weighted by molar-refractivity contribution is -0.526. The fourth-order valence-electron chi connectivity index (χ4n) is 4.62. The molecule has 0 radical (unpaired) electrons. The maximum Gasteiger partial charge on any atom is 0.434 e. The van der Waals surface area contributed by atoms with Crippen molar-refractivity contribution in [2.45, 2.75) is 90.1 Å². The van der Waals surface area contributed by atoms with Crippen molar-refractivity contribution in [3.05, 3.63) is 0 Å². The molecule has 55 heavy (non-hydrogen) atoms. The van der Waals surface area contributed by atoms with E-state index < -0.39 is 107 Å². The third-order valence-electron chi connectivity index (χ3n) is 7.17. The zero-order chi connectivity index (χ0) is 46.1. The van der Waals surface area contributed by atoms with Crippen molar-refractivity contribution in [2.24, 2.45) is 10.8 Å². The van der Waals surface area contributed by atoms with E-state index in [0.717, 1.165) is 0 Å². The summed E-state index contributed by atoms with van der Waals surface area (Å²) in [5.41, 5.74) is -54.0. The minimum atomic E-state index is -11.2. The number of carboxylic acids is 1. The third kappa shape index (κ3) is 5.67. The zero-order valence-electron chi connectivity index (χ0n) is 23.1. The van der Waals surface area contributed by atoms with E-state index in [1.165, 1.54) is 0 Å². The quantitative estimate of drug-likeness (QED) is 0.234. The Hall–Kier alpha value is -2.98. The van der Waals surface area contributed by atoms with E-state index in [1.807, 2.05) is 0 Å². The van der Waals surface area contributed by atoms with Gasteiger partial charge in [-0.25, -0.2) is 35.5 Å². The zero-order valence-corrected chi connectivity index (χ0v) is 23.1. The van der Waals surface area contributed by atoms with Gasteiger partial charge >= 0.3 is 107 Å². The predicted octanol–water partition coefficient (Wildman–Crippen LogP) is 11.2. The van der Waals surface area contributed by atoms with Crippen LogP contribution in [0.1, 0.15) is 0 Å². The van der Waals surface area contributed by atoms with Crippen LogP contribution in [0, 0.1) is 10.8 Å². The van der Waals surface area contributed by atoms with Gasteiger partial charge in [0.25, 0.3) is 0 Å². The van der Waals surface area contributed by atoms with Crippen LogP contribution in [0.15, 0.2) is 0 Å². The maximum atomic E-state index is 15.3. The summed E-state index contributed by atoms with van der Waals surface area (Å²) in [6.07, 6.45) is -78.9. The highest BCUT2D eigenvalue weighted by molar-refractivity contribution is 5.82. The first-order valence-corrected chi connectivity index (χ1v) is 11.3. The Labute approximate surface area is 272 Å². The number of hydrogen-bond donors (Lipinski definition) is 1. The molecule has 0 aliphatic carbocycles. The molecule has 0 aliphatic rings. The molecule has 0 aromatic heterocycles. The standard InChI is InChI=1S/C18HF35O2/c19-2(1(54)55,5(20,17(48,49)50)8(24,25)3(11(30,31)32,12(33,34)35)13(36,37)38)7(22,23)10(28,29)6(21,18(51,52)53)9(26,27)4(14(39,40)41,15(42,43)44)16(45,46)47/h(H,54,55). The second-order valence-electron chi connectivity index (χ2n) is 10.1. The lowest BCUT2D eigenvalue weighted by Gasteiger charge is -2.54. The van der Waals surface area contributed by atoms with E-state index in [-0.39, 0.29) is 0 Å². The summed E-state index contributed by atoms with van der Waals surface area (Å²) in [5.74, 6) is -51.0. The molecular weight excluding hydrogens is 913 g/mol. The molecule has 3 atom stereocenters. The Kier molecular flexibility index (Phi) is 11.6. The molecule has 0 amide bonds. The number of rotatable bonds is 9. The van der Waals surface area contributed by atoms with Crippen molar-refractivity contribution >= 4 is 5.97 Å². The van der Waals surface area contributed by atoms with E-state index in [1.54, 1.807) is 0 Å². The fourth-order valence-corrected chi connectivity index (χ4v) is 4.62. The van der Waals surface area contributed by atoms with Gasteiger partial charge in [-0.3, -0.25) is 0 Å². The van der Waals surface area contributed by atoms with Gasteiger partial charge in [0.15, 0.2) is 0 Å². The first kappa shape index (κ1) is 52.0. The summed E-state index contributed by atoms with van der Waals surface area (Å²) in [6.45, 7) is 0. The molecule has 3 unspecified atom stereocenters. The molecule has 1 N–H and O–H groups in total. The molecule has 0 aromatic rings. The van der Waals surface area contributed by atoms with Gasteiger partial charge in [0.2, 0.25) is 0 Å². The number of carboxylic acid groups (broad SMARTS) is 1. The Morgan fingerprint density at radius 3 is 0.582 bits per heavy atom. The van der Waals surface area contributed by atoms with Gasteiger partial charge < -0.3 is 5.11 Å². The van der Waals surface area contributed by atoms with Crippen molar-refractivity contribution in [1.82, 2.24) is 0 Å². The van der Waals surface area contributed by atoms with E-state index in [0.29, 0.717) is 0 Å². The summed E-state index contributed by atoms with van der Waals surface area (Å²) in [7, 11) is 0. The third-order valence-corrected chi connectivity index (χ3v) is 7.17. The topological polar surface area (TPSA) is 37.3 Å². The lowest BCUT2D eigenvalue weighted by Crippen LogP contribution is -2.88. The second-order valence-corrected chi connectivity index (χ2v) is 10.1. The second kappa shape index (κ2) is 12.3. The summed E-state index contributed by atoms with van der Waals surface area (Å²) in [4.78, 5) is 11.0. The van der Waals surface area contributed by atoms with Crippen LogP contribution in [0.2, 0.25) is 0 Å². The molecule has 0 aromatic carbocycles. The molecule has 2 nitrogen and oxygen atoms in total. The van der Waals surface area contributed by atoms with E-state index in [4.69, 9.17) is 5.11 Å². The highest BCUT2D eigenvalue weighted by Gasteiger charge is 3.09. The van der Waals surface area contributed by atoms with E-state index >= 15 is 8.78 Å². The van der Waals surface area contributed by atoms with Crippen LogP contribution in [0.3, 0.4) is 0 Å². The molecule has 37 heteroatoms. The number of alkyl halides is 35. The minimum Gasteiger partial charge on any atom is -0.479 e. The van der Waals surface area contributed by atoms with Crippen molar-refractivity contribution < 1.29 is 164 Å². The normalized spacial score (nSPS) is 19.8. The van der Waals surface area contributed by atoms with Crippen LogP contribution in [0.4, 0.5) is 154 Å². The molecule has 0 fully saturated rings. The van der Waals surface area contributed by atoms with Gasteiger partial charge in [-0.1, -0.05) is 0 Å². The molecule has 0 heterocycles. The Morgan fingerprint density at radius 2 is 0.436 bits per heavy atom. The van der Waals surface area contributed by atoms with Crippen molar-refractivity contribution in [3.63, 3.8) is 0 Å². The van der Waals surface area contributed by atoms with Gasteiger partial charge in [0.05, 0.1) is 0 Å². The minimum absolute atomic E-state index is 6.71. The van der Waals surface area contributed by atoms with E-state index in [9.17, 15) is 150 Å². The van der Waals surface area contributed by atoms with Gasteiger partial charge in [0, 0.05) is 0 Å². The number of halogens is 35. The molecule has 0 spiro atoms. The van der Waals surface area contributed by atoms with Crippen molar-refractivity contribution in [3.8, 4) is 0 Å². The first-order valence-electron chi connectivity index (χ1n) is 11.3. The van der Waals surface area contributed by atoms with Crippen LogP contribution in [0.5, 0.6) is 0 Å². The van der Waals surface area contributed by atoms with E-state index in [2.05, 4.69) is 0 Å². The number of aliphatic carboxylic acids is 1. The highest BCUT2D eigenvalue weighted by Crippen LogP contribution is 2.77. The summed E-state index contributed by atoms with van der Waals surface area (Å²) in [5, 5.41) is 8.25. The Balaban J connectivity index is 9.72. The molecule has 0 saturated heterocycles. The Morgan fingerprint density at radius 1 is 0.255 bits per heavy atom. The van der Waals surface area contributed by atoms with Gasteiger partial charge in [-0.2, -0.15) is 123 Å². The summed E-state index contributed by atoms with van der Waals surface area (Å²) >= 11 is 0. The van der Waals surface area contributed by atoms with Crippen LogP contribution in [-0.4, -0.2) is 101 Å². The largest absolute Gasteiger partial charge is 0.479 e. The highest BCUT2D eigenvalue weighted by atomic mass is 19.5. The van der Waals surface area contributed by atoms with Gasteiger partial charge in [0.1, 0.15) is 0 Å². The summed E-state index contributed by atoms with van der Waals surface area (Å²) < 4.78 is 481. The van der Waals surface area contributed by atoms with Crippen LogP contribution >= 0.6 is 0 Å². The SMILES string of the molecule is O=C(O)C(F)(C(F)(F)C(F)(F)C(F)(C(F)(F)F)C(F)(F)C(C(F)(F)F)(C(F)(F)F)C(F)(F)F)C(F)(C(F)(F)F)C(F)(F)C(C(F)(F)F)(C(F)(F)F)C(F)(F)F. The smallest absolute Gasteiger partial charge is 0.434 e. The van der Waals surface area contributed by atoms with Gasteiger partial charge in [-0.15, -0.1) is 0 Å².